The summed E-state index contributed by atoms with van der Waals surface area (Å²) in [7, 11) is 0. The first kappa shape index (κ1) is 16.3. The summed E-state index contributed by atoms with van der Waals surface area (Å²) in [6.45, 7) is 6.77. The van der Waals surface area contributed by atoms with Crippen LogP contribution in [-0.2, 0) is 6.54 Å². The number of rotatable bonds is 3. The number of hydrogen-bond acceptors (Lipinski definition) is 4. The molecule has 3 atom stereocenters. The van der Waals surface area contributed by atoms with E-state index in [0.29, 0.717) is 23.8 Å². The van der Waals surface area contributed by atoms with E-state index in [1.165, 1.54) is 42.6 Å². The molecule has 0 radical (unpaired) electrons. The number of piperidine rings is 3. The number of pyridine rings is 1. The SMILES string of the molecule is Cc1ccc([C@@H]2CN(Cc3cccnc3N)[C@H]3C4CCN(CC4)[C@@H]23)cc1. The highest BCUT2D eigenvalue weighted by Crippen LogP contribution is 2.47. The van der Waals surface area contributed by atoms with Gasteiger partial charge in [-0.2, -0.15) is 0 Å². The molecule has 4 aliphatic rings. The van der Waals surface area contributed by atoms with Crippen LogP contribution in [0.15, 0.2) is 42.6 Å². The van der Waals surface area contributed by atoms with Gasteiger partial charge in [0, 0.05) is 42.9 Å². The van der Waals surface area contributed by atoms with E-state index >= 15 is 0 Å². The third-order valence-electron chi connectivity index (χ3n) is 6.90. The lowest BCUT2D eigenvalue weighted by Crippen LogP contribution is -2.60. The molecule has 1 aromatic carbocycles. The molecular weight excluding hydrogens is 320 g/mol. The van der Waals surface area contributed by atoms with Crippen molar-refractivity contribution in [2.24, 2.45) is 5.92 Å². The van der Waals surface area contributed by atoms with Gasteiger partial charge in [0.2, 0.25) is 0 Å². The molecule has 2 N–H and O–H groups in total. The normalized spacial score (nSPS) is 33.3. The fourth-order valence-electron chi connectivity index (χ4n) is 5.63. The van der Waals surface area contributed by atoms with Crippen molar-refractivity contribution in [1.82, 2.24) is 14.8 Å². The second-order valence-corrected chi connectivity index (χ2v) is 8.35. The Balaban J connectivity index is 1.48. The molecule has 0 spiro atoms. The van der Waals surface area contributed by atoms with Gasteiger partial charge in [0.1, 0.15) is 5.82 Å². The van der Waals surface area contributed by atoms with Crippen LogP contribution in [0, 0.1) is 12.8 Å². The quantitative estimate of drug-likeness (QED) is 0.926. The topological polar surface area (TPSA) is 45.4 Å². The van der Waals surface area contributed by atoms with E-state index in [-0.39, 0.29) is 0 Å². The fraction of sp³-hybridized carbons (Fsp3) is 0.500. The second-order valence-electron chi connectivity index (χ2n) is 8.35. The van der Waals surface area contributed by atoms with Gasteiger partial charge in [-0.1, -0.05) is 35.9 Å². The van der Waals surface area contributed by atoms with Crippen LogP contribution in [0.3, 0.4) is 0 Å². The Morgan fingerprint density at radius 2 is 1.85 bits per heavy atom. The maximum absolute atomic E-state index is 6.16. The molecule has 2 aromatic rings. The zero-order chi connectivity index (χ0) is 17.7. The molecular formula is C22H28N4. The molecule has 4 saturated heterocycles. The fourth-order valence-corrected chi connectivity index (χ4v) is 5.63. The van der Waals surface area contributed by atoms with Gasteiger partial charge in [-0.3, -0.25) is 9.80 Å². The molecule has 5 heterocycles. The number of nitrogens with two attached hydrogens (primary N) is 1. The van der Waals surface area contributed by atoms with Crippen LogP contribution in [0.2, 0.25) is 0 Å². The monoisotopic (exact) mass is 348 g/mol. The van der Waals surface area contributed by atoms with E-state index in [1.54, 1.807) is 6.20 Å². The van der Waals surface area contributed by atoms with Gasteiger partial charge in [-0.25, -0.2) is 4.98 Å². The first-order chi connectivity index (χ1) is 12.7. The molecule has 0 saturated carbocycles. The Kier molecular flexibility index (Phi) is 3.98. The number of likely N-dealkylation sites (tertiary alicyclic amines) is 1. The molecule has 2 bridgehead atoms. The van der Waals surface area contributed by atoms with Crippen LogP contribution in [0.5, 0.6) is 0 Å². The summed E-state index contributed by atoms with van der Waals surface area (Å²) < 4.78 is 0. The minimum atomic E-state index is 0.599. The number of aromatic nitrogens is 1. The molecule has 4 heteroatoms. The molecule has 0 aliphatic carbocycles. The summed E-state index contributed by atoms with van der Waals surface area (Å²) in [6, 6.07) is 14.7. The van der Waals surface area contributed by atoms with Crippen LogP contribution >= 0.6 is 0 Å². The van der Waals surface area contributed by atoms with Gasteiger partial charge in [0.25, 0.3) is 0 Å². The third kappa shape index (κ3) is 2.63. The molecule has 4 nitrogen and oxygen atoms in total. The van der Waals surface area contributed by atoms with E-state index in [1.807, 2.05) is 6.07 Å². The molecule has 0 amide bonds. The number of nitrogen functional groups attached to an aromatic ring is 1. The average molecular weight is 348 g/mol. The highest BCUT2D eigenvalue weighted by molar-refractivity contribution is 5.39. The molecule has 1 aromatic heterocycles. The molecule has 0 unspecified atom stereocenters. The van der Waals surface area contributed by atoms with Crippen LogP contribution in [0.4, 0.5) is 5.82 Å². The minimum absolute atomic E-state index is 0.599. The summed E-state index contributed by atoms with van der Waals surface area (Å²) in [5.74, 6) is 2.11. The largest absolute Gasteiger partial charge is 0.383 e. The van der Waals surface area contributed by atoms with Crippen LogP contribution < -0.4 is 5.73 Å². The predicted molar refractivity (Wildman–Crippen MR) is 105 cm³/mol. The van der Waals surface area contributed by atoms with Crippen molar-refractivity contribution in [2.45, 2.75) is 44.3 Å². The van der Waals surface area contributed by atoms with E-state index < -0.39 is 0 Å². The third-order valence-corrected chi connectivity index (χ3v) is 6.90. The molecule has 4 aliphatic heterocycles. The summed E-state index contributed by atoms with van der Waals surface area (Å²) in [5.41, 5.74) is 10.2. The minimum Gasteiger partial charge on any atom is -0.383 e. The Morgan fingerprint density at radius 3 is 2.58 bits per heavy atom. The van der Waals surface area contributed by atoms with Crippen molar-refractivity contribution in [2.75, 3.05) is 25.4 Å². The standard InChI is InChI=1S/C22H28N4/c1-15-4-6-16(7-5-15)19-14-26(13-18-3-2-10-24-22(18)23)20-17-8-11-25(12-9-17)21(19)20/h2-7,10,17,19-21H,8-9,11-14H2,1H3,(H2,23,24)/t19-,20-,21-/m0/s1. The molecule has 136 valence electrons. The smallest absolute Gasteiger partial charge is 0.127 e. The van der Waals surface area contributed by atoms with E-state index in [4.69, 9.17) is 5.73 Å². The second kappa shape index (κ2) is 6.36. The lowest BCUT2D eigenvalue weighted by Gasteiger charge is -2.51. The van der Waals surface area contributed by atoms with E-state index in [2.05, 4.69) is 52.0 Å². The molecule has 26 heavy (non-hydrogen) atoms. The summed E-state index contributed by atoms with van der Waals surface area (Å²) in [4.78, 5) is 9.77. The summed E-state index contributed by atoms with van der Waals surface area (Å²) >= 11 is 0. The number of fused-ring (bicyclic) bond motifs is 2. The van der Waals surface area contributed by atoms with Crippen molar-refractivity contribution >= 4 is 5.82 Å². The highest BCUT2D eigenvalue weighted by Gasteiger charge is 2.53. The van der Waals surface area contributed by atoms with Gasteiger partial charge in [0.15, 0.2) is 0 Å². The summed E-state index contributed by atoms with van der Waals surface area (Å²) in [5, 5.41) is 0. The van der Waals surface area contributed by atoms with E-state index in [9.17, 15) is 0 Å². The predicted octanol–water partition coefficient (Wildman–Crippen LogP) is 3.03. The van der Waals surface area contributed by atoms with Gasteiger partial charge in [0.05, 0.1) is 0 Å². The zero-order valence-corrected chi connectivity index (χ0v) is 15.5. The molecule has 6 rings (SSSR count). The van der Waals surface area contributed by atoms with Gasteiger partial charge >= 0.3 is 0 Å². The van der Waals surface area contributed by atoms with Crippen molar-refractivity contribution < 1.29 is 0 Å². The van der Waals surface area contributed by atoms with E-state index in [0.717, 1.165) is 19.0 Å². The maximum atomic E-state index is 6.16. The Morgan fingerprint density at radius 1 is 1.08 bits per heavy atom. The van der Waals surface area contributed by atoms with Gasteiger partial charge < -0.3 is 5.73 Å². The molecule has 4 fully saturated rings. The van der Waals surface area contributed by atoms with Crippen LogP contribution in [0.1, 0.15) is 35.4 Å². The Labute approximate surface area is 156 Å². The average Bonchev–Trinajstić information content (AvgIpc) is 3.07. The number of hydrogen-bond donors (Lipinski definition) is 1. The Hall–Kier alpha value is -1.91. The lowest BCUT2D eigenvalue weighted by atomic mass is 9.75. The first-order valence-electron chi connectivity index (χ1n) is 9.95. The lowest BCUT2D eigenvalue weighted by molar-refractivity contribution is -0.00866. The Bertz CT molecular complexity index is 779. The van der Waals surface area contributed by atoms with Crippen LogP contribution in [0.25, 0.3) is 0 Å². The number of nitrogens with zero attached hydrogens (tertiary/aromatic N) is 3. The number of benzene rings is 1. The maximum Gasteiger partial charge on any atom is 0.127 e. The highest BCUT2D eigenvalue weighted by atomic mass is 15.3. The first-order valence-corrected chi connectivity index (χ1v) is 9.95. The zero-order valence-electron chi connectivity index (χ0n) is 15.5. The number of anilines is 1. The van der Waals surface area contributed by atoms with Crippen LogP contribution in [-0.4, -0.2) is 46.5 Å². The summed E-state index contributed by atoms with van der Waals surface area (Å²) in [6.07, 6.45) is 4.48. The van der Waals surface area contributed by atoms with Crippen molar-refractivity contribution in [1.29, 1.82) is 0 Å². The van der Waals surface area contributed by atoms with Crippen molar-refractivity contribution in [3.8, 4) is 0 Å². The van der Waals surface area contributed by atoms with Crippen molar-refractivity contribution in [3.63, 3.8) is 0 Å². The van der Waals surface area contributed by atoms with Gasteiger partial charge in [-0.15, -0.1) is 0 Å². The van der Waals surface area contributed by atoms with Crippen molar-refractivity contribution in [3.05, 3.63) is 59.3 Å². The van der Waals surface area contributed by atoms with Gasteiger partial charge in [-0.05, 0) is 50.4 Å². The number of aryl methyl sites for hydroxylation is 1.